The molecule has 0 atom stereocenters. The van der Waals surface area contributed by atoms with E-state index >= 15 is 0 Å². The highest BCUT2D eigenvalue weighted by molar-refractivity contribution is 5.91. The average molecular weight is 270 g/mol. The standard InChI is InChI=1S/C17H18O3/c1-3-12-19-15-8-10-16(11-9-15)20-17(18)14-6-4-13(2)5-7-14/h4-11H,3,12H2,1-2H3. The van der Waals surface area contributed by atoms with Gasteiger partial charge < -0.3 is 9.47 Å². The fourth-order valence-electron chi connectivity index (χ4n) is 1.68. The molecule has 0 saturated heterocycles. The van der Waals surface area contributed by atoms with Gasteiger partial charge in [0.25, 0.3) is 0 Å². The quantitative estimate of drug-likeness (QED) is 0.608. The lowest BCUT2D eigenvalue weighted by atomic mass is 10.1. The van der Waals surface area contributed by atoms with Gasteiger partial charge in [0.15, 0.2) is 0 Å². The van der Waals surface area contributed by atoms with Crippen molar-refractivity contribution in [1.82, 2.24) is 0 Å². The van der Waals surface area contributed by atoms with Gasteiger partial charge in [-0.25, -0.2) is 4.79 Å². The maximum atomic E-state index is 11.9. The van der Waals surface area contributed by atoms with Crippen LogP contribution >= 0.6 is 0 Å². The maximum absolute atomic E-state index is 11.9. The molecule has 0 radical (unpaired) electrons. The van der Waals surface area contributed by atoms with E-state index in [-0.39, 0.29) is 5.97 Å². The minimum Gasteiger partial charge on any atom is -0.494 e. The number of hydrogen-bond donors (Lipinski definition) is 0. The van der Waals surface area contributed by atoms with Crippen molar-refractivity contribution in [1.29, 1.82) is 0 Å². The Labute approximate surface area is 119 Å². The molecule has 2 rings (SSSR count). The Morgan fingerprint density at radius 2 is 1.55 bits per heavy atom. The second-order valence-corrected chi connectivity index (χ2v) is 4.58. The summed E-state index contributed by atoms with van der Waals surface area (Å²) in [7, 11) is 0. The fourth-order valence-corrected chi connectivity index (χ4v) is 1.68. The van der Waals surface area contributed by atoms with E-state index in [2.05, 4.69) is 6.92 Å². The summed E-state index contributed by atoms with van der Waals surface area (Å²) in [6.45, 7) is 4.71. The highest BCUT2D eigenvalue weighted by Crippen LogP contribution is 2.19. The Kier molecular flexibility index (Phi) is 4.77. The molecule has 0 aromatic heterocycles. The van der Waals surface area contributed by atoms with Crippen molar-refractivity contribution in [3.63, 3.8) is 0 Å². The molecule has 3 heteroatoms. The van der Waals surface area contributed by atoms with Gasteiger partial charge in [-0.3, -0.25) is 0 Å². The smallest absolute Gasteiger partial charge is 0.343 e. The van der Waals surface area contributed by atoms with Crippen LogP contribution in [-0.2, 0) is 0 Å². The van der Waals surface area contributed by atoms with Crippen molar-refractivity contribution >= 4 is 5.97 Å². The van der Waals surface area contributed by atoms with Gasteiger partial charge >= 0.3 is 5.97 Å². The molecule has 0 saturated carbocycles. The molecule has 0 heterocycles. The molecule has 0 N–H and O–H groups in total. The van der Waals surface area contributed by atoms with Crippen LogP contribution in [-0.4, -0.2) is 12.6 Å². The summed E-state index contributed by atoms with van der Waals surface area (Å²) in [5.41, 5.74) is 1.65. The number of benzene rings is 2. The van der Waals surface area contributed by atoms with Crippen molar-refractivity contribution in [2.24, 2.45) is 0 Å². The summed E-state index contributed by atoms with van der Waals surface area (Å²) in [5.74, 6) is 0.939. The summed E-state index contributed by atoms with van der Waals surface area (Å²) >= 11 is 0. The van der Waals surface area contributed by atoms with Crippen LogP contribution in [0, 0.1) is 6.92 Å². The van der Waals surface area contributed by atoms with Gasteiger partial charge in [0.1, 0.15) is 11.5 Å². The molecular formula is C17H18O3. The minimum absolute atomic E-state index is 0.354. The fraction of sp³-hybridized carbons (Fsp3) is 0.235. The molecule has 2 aromatic carbocycles. The first-order valence-electron chi connectivity index (χ1n) is 6.71. The summed E-state index contributed by atoms with van der Waals surface area (Å²) in [6.07, 6.45) is 0.962. The Bertz CT molecular complexity index is 556. The second-order valence-electron chi connectivity index (χ2n) is 4.58. The first kappa shape index (κ1) is 14.1. The van der Waals surface area contributed by atoms with Crippen LogP contribution in [0.3, 0.4) is 0 Å². The first-order valence-corrected chi connectivity index (χ1v) is 6.71. The molecule has 0 aliphatic heterocycles. The van der Waals surface area contributed by atoms with Crippen LogP contribution in [0.1, 0.15) is 29.3 Å². The van der Waals surface area contributed by atoms with Crippen LogP contribution in [0.25, 0.3) is 0 Å². The third kappa shape index (κ3) is 3.85. The highest BCUT2D eigenvalue weighted by atomic mass is 16.5. The number of carbonyl (C=O) groups is 1. The summed E-state index contributed by atoms with van der Waals surface area (Å²) < 4.78 is 10.8. The lowest BCUT2D eigenvalue weighted by Crippen LogP contribution is -2.08. The molecule has 0 amide bonds. The van der Waals surface area contributed by atoms with E-state index in [0.717, 1.165) is 17.7 Å². The van der Waals surface area contributed by atoms with Crippen LogP contribution in [0.4, 0.5) is 0 Å². The normalized spacial score (nSPS) is 10.1. The van der Waals surface area contributed by atoms with Crippen LogP contribution < -0.4 is 9.47 Å². The van der Waals surface area contributed by atoms with Crippen molar-refractivity contribution < 1.29 is 14.3 Å². The Balaban J connectivity index is 1.99. The van der Waals surface area contributed by atoms with Gasteiger partial charge in [-0.2, -0.15) is 0 Å². The van der Waals surface area contributed by atoms with E-state index in [1.807, 2.05) is 19.1 Å². The molecule has 3 nitrogen and oxygen atoms in total. The zero-order valence-electron chi connectivity index (χ0n) is 11.8. The predicted octanol–water partition coefficient (Wildman–Crippen LogP) is 4.00. The third-order valence-corrected chi connectivity index (χ3v) is 2.79. The van der Waals surface area contributed by atoms with E-state index in [1.165, 1.54) is 0 Å². The Morgan fingerprint density at radius 3 is 2.15 bits per heavy atom. The largest absolute Gasteiger partial charge is 0.494 e. The molecular weight excluding hydrogens is 252 g/mol. The molecule has 0 fully saturated rings. The van der Waals surface area contributed by atoms with Crippen molar-refractivity contribution in [3.05, 3.63) is 59.7 Å². The first-order chi connectivity index (χ1) is 9.69. The number of ether oxygens (including phenoxy) is 2. The number of esters is 1. The summed E-state index contributed by atoms with van der Waals surface area (Å²) in [6, 6.07) is 14.4. The van der Waals surface area contributed by atoms with Crippen molar-refractivity contribution in [2.75, 3.05) is 6.61 Å². The number of aryl methyl sites for hydroxylation is 1. The van der Waals surface area contributed by atoms with E-state index in [0.29, 0.717) is 17.9 Å². The lowest BCUT2D eigenvalue weighted by Gasteiger charge is -2.07. The Morgan fingerprint density at radius 1 is 0.950 bits per heavy atom. The van der Waals surface area contributed by atoms with Gasteiger partial charge in [-0.05, 0) is 49.7 Å². The van der Waals surface area contributed by atoms with Gasteiger partial charge in [0.2, 0.25) is 0 Å². The van der Waals surface area contributed by atoms with Crippen LogP contribution in [0.5, 0.6) is 11.5 Å². The van der Waals surface area contributed by atoms with E-state index in [9.17, 15) is 4.79 Å². The molecule has 0 spiro atoms. The van der Waals surface area contributed by atoms with Crippen LogP contribution in [0.2, 0.25) is 0 Å². The van der Waals surface area contributed by atoms with E-state index in [1.54, 1.807) is 36.4 Å². The molecule has 20 heavy (non-hydrogen) atoms. The van der Waals surface area contributed by atoms with Crippen molar-refractivity contribution in [2.45, 2.75) is 20.3 Å². The van der Waals surface area contributed by atoms with Gasteiger partial charge in [-0.1, -0.05) is 24.6 Å². The van der Waals surface area contributed by atoms with Crippen molar-refractivity contribution in [3.8, 4) is 11.5 Å². The maximum Gasteiger partial charge on any atom is 0.343 e. The molecule has 104 valence electrons. The van der Waals surface area contributed by atoms with Gasteiger partial charge in [0, 0.05) is 0 Å². The zero-order chi connectivity index (χ0) is 14.4. The highest BCUT2D eigenvalue weighted by Gasteiger charge is 2.08. The monoisotopic (exact) mass is 270 g/mol. The third-order valence-electron chi connectivity index (χ3n) is 2.79. The Hall–Kier alpha value is -2.29. The van der Waals surface area contributed by atoms with Crippen LogP contribution in [0.15, 0.2) is 48.5 Å². The minimum atomic E-state index is -0.354. The SMILES string of the molecule is CCCOc1ccc(OC(=O)c2ccc(C)cc2)cc1. The van der Waals surface area contributed by atoms with Gasteiger partial charge in [0.05, 0.1) is 12.2 Å². The molecule has 2 aromatic rings. The molecule has 0 aliphatic rings. The second kappa shape index (κ2) is 6.75. The molecule has 0 bridgehead atoms. The predicted molar refractivity (Wildman–Crippen MR) is 78.4 cm³/mol. The number of carbonyl (C=O) groups excluding carboxylic acids is 1. The molecule has 0 unspecified atom stereocenters. The van der Waals surface area contributed by atoms with E-state index < -0.39 is 0 Å². The zero-order valence-corrected chi connectivity index (χ0v) is 11.8. The topological polar surface area (TPSA) is 35.5 Å². The van der Waals surface area contributed by atoms with E-state index in [4.69, 9.17) is 9.47 Å². The molecule has 0 aliphatic carbocycles. The summed E-state index contributed by atoms with van der Waals surface area (Å²) in [5, 5.41) is 0. The lowest BCUT2D eigenvalue weighted by molar-refractivity contribution is 0.0734. The number of hydrogen-bond acceptors (Lipinski definition) is 3. The van der Waals surface area contributed by atoms with Gasteiger partial charge in [-0.15, -0.1) is 0 Å². The average Bonchev–Trinajstić information content (AvgIpc) is 2.47. The number of rotatable bonds is 5. The summed E-state index contributed by atoms with van der Waals surface area (Å²) in [4.78, 5) is 11.9.